The van der Waals surface area contributed by atoms with Crippen molar-refractivity contribution in [3.8, 4) is 0 Å². The molecule has 0 aliphatic heterocycles. The molecule has 2 heteroatoms. The van der Waals surface area contributed by atoms with Crippen molar-refractivity contribution < 1.29 is 0 Å². The molecule has 0 aromatic carbocycles. The molecular formula is C11H20N2. The van der Waals surface area contributed by atoms with Crippen molar-refractivity contribution in [3.05, 3.63) is 17.7 Å². The molecule has 0 amide bonds. The molecule has 1 heterocycles. The summed E-state index contributed by atoms with van der Waals surface area (Å²) in [7, 11) is 2.07. The summed E-state index contributed by atoms with van der Waals surface area (Å²) in [5, 5.41) is 0. The molecule has 0 unspecified atom stereocenters. The van der Waals surface area contributed by atoms with Gasteiger partial charge in [-0.25, -0.2) is 4.98 Å². The van der Waals surface area contributed by atoms with E-state index in [1.807, 2.05) is 6.92 Å². The van der Waals surface area contributed by atoms with Crippen molar-refractivity contribution in [1.29, 1.82) is 0 Å². The molecule has 0 fully saturated rings. The highest BCUT2D eigenvalue weighted by Gasteiger charge is 2.12. The van der Waals surface area contributed by atoms with Gasteiger partial charge in [0, 0.05) is 19.7 Å². The van der Waals surface area contributed by atoms with Gasteiger partial charge in [0.2, 0.25) is 0 Å². The third-order valence-corrected chi connectivity index (χ3v) is 2.19. The Balaban J connectivity index is 2.59. The van der Waals surface area contributed by atoms with Crippen LogP contribution in [0.2, 0.25) is 0 Å². The van der Waals surface area contributed by atoms with E-state index < -0.39 is 0 Å². The average molecular weight is 180 g/mol. The smallest absolute Gasteiger partial charge is 0.108 e. The molecule has 0 N–H and O–H groups in total. The van der Waals surface area contributed by atoms with Crippen molar-refractivity contribution in [2.45, 2.75) is 40.5 Å². The Morgan fingerprint density at radius 3 is 2.38 bits per heavy atom. The lowest BCUT2D eigenvalue weighted by Crippen LogP contribution is -2.08. The normalized spacial score (nSPS) is 12.1. The first-order valence-electron chi connectivity index (χ1n) is 4.87. The molecule has 0 saturated heterocycles. The van der Waals surface area contributed by atoms with Crippen LogP contribution in [0.5, 0.6) is 0 Å². The van der Waals surface area contributed by atoms with Gasteiger partial charge in [-0.3, -0.25) is 0 Å². The van der Waals surface area contributed by atoms with Gasteiger partial charge in [0.1, 0.15) is 5.82 Å². The lowest BCUT2D eigenvalue weighted by molar-refractivity contribution is 0.372. The van der Waals surface area contributed by atoms with Crippen molar-refractivity contribution in [2.75, 3.05) is 0 Å². The largest absolute Gasteiger partial charge is 0.338 e. The van der Waals surface area contributed by atoms with Gasteiger partial charge in [0.05, 0.1) is 5.69 Å². The molecule has 0 aliphatic rings. The summed E-state index contributed by atoms with van der Waals surface area (Å²) >= 11 is 0. The quantitative estimate of drug-likeness (QED) is 0.684. The fourth-order valence-corrected chi connectivity index (χ4v) is 1.39. The fraction of sp³-hybridized carbons (Fsp3) is 0.727. The van der Waals surface area contributed by atoms with E-state index in [-0.39, 0.29) is 0 Å². The number of aryl methyl sites for hydroxylation is 3. The minimum absolute atomic E-state index is 0.403. The minimum atomic E-state index is 0.403. The fourth-order valence-electron chi connectivity index (χ4n) is 1.39. The highest BCUT2D eigenvalue weighted by molar-refractivity contribution is 5.01. The summed E-state index contributed by atoms with van der Waals surface area (Å²) < 4.78 is 2.13. The number of nitrogens with zero attached hydrogens (tertiary/aromatic N) is 2. The van der Waals surface area contributed by atoms with E-state index in [0.717, 1.165) is 12.1 Å². The SMILES string of the molecule is Cc1cn(C)c(CCC(C)(C)C)n1. The van der Waals surface area contributed by atoms with Crippen molar-refractivity contribution >= 4 is 0 Å². The first kappa shape index (κ1) is 10.3. The summed E-state index contributed by atoms with van der Waals surface area (Å²) in [5.74, 6) is 1.20. The van der Waals surface area contributed by atoms with Crippen LogP contribution in [0.1, 0.15) is 38.7 Å². The second-order valence-corrected chi connectivity index (χ2v) is 4.97. The summed E-state index contributed by atoms with van der Waals surface area (Å²) in [4.78, 5) is 4.48. The minimum Gasteiger partial charge on any atom is -0.338 e. The van der Waals surface area contributed by atoms with Crippen LogP contribution in [-0.2, 0) is 13.5 Å². The summed E-state index contributed by atoms with van der Waals surface area (Å²) in [6, 6.07) is 0. The molecule has 0 bridgehead atoms. The molecule has 2 nitrogen and oxygen atoms in total. The predicted octanol–water partition coefficient (Wildman–Crippen LogP) is 2.71. The van der Waals surface area contributed by atoms with E-state index in [1.54, 1.807) is 0 Å². The van der Waals surface area contributed by atoms with Gasteiger partial charge >= 0.3 is 0 Å². The van der Waals surface area contributed by atoms with E-state index >= 15 is 0 Å². The Bertz CT molecular complexity index is 279. The van der Waals surface area contributed by atoms with Gasteiger partial charge in [-0.15, -0.1) is 0 Å². The molecule has 13 heavy (non-hydrogen) atoms. The number of hydrogen-bond acceptors (Lipinski definition) is 1. The average Bonchev–Trinajstić information content (AvgIpc) is 2.24. The van der Waals surface area contributed by atoms with Gasteiger partial charge in [-0.1, -0.05) is 20.8 Å². The molecule has 0 radical (unpaired) electrons. The molecule has 1 rings (SSSR count). The van der Waals surface area contributed by atoms with Crippen LogP contribution in [0.15, 0.2) is 6.20 Å². The third kappa shape index (κ3) is 3.21. The molecule has 0 saturated carbocycles. The van der Waals surface area contributed by atoms with Gasteiger partial charge < -0.3 is 4.57 Å². The lowest BCUT2D eigenvalue weighted by atomic mass is 9.90. The van der Waals surface area contributed by atoms with E-state index in [9.17, 15) is 0 Å². The Kier molecular flexibility index (Phi) is 2.79. The van der Waals surface area contributed by atoms with Crippen LogP contribution in [0.25, 0.3) is 0 Å². The second-order valence-electron chi connectivity index (χ2n) is 4.97. The van der Waals surface area contributed by atoms with E-state index in [2.05, 4.69) is 43.6 Å². The first-order chi connectivity index (χ1) is 5.88. The van der Waals surface area contributed by atoms with Crippen LogP contribution in [-0.4, -0.2) is 9.55 Å². The Morgan fingerprint density at radius 2 is 2.00 bits per heavy atom. The van der Waals surface area contributed by atoms with Gasteiger partial charge in [0.25, 0.3) is 0 Å². The van der Waals surface area contributed by atoms with Crippen molar-refractivity contribution in [1.82, 2.24) is 9.55 Å². The zero-order chi connectivity index (χ0) is 10.1. The molecular weight excluding hydrogens is 160 g/mol. The van der Waals surface area contributed by atoms with E-state index in [1.165, 1.54) is 12.2 Å². The maximum absolute atomic E-state index is 4.48. The van der Waals surface area contributed by atoms with Gasteiger partial charge in [-0.05, 0) is 18.8 Å². The second kappa shape index (κ2) is 3.52. The molecule has 0 aliphatic carbocycles. The monoisotopic (exact) mass is 180 g/mol. The number of rotatable bonds is 2. The van der Waals surface area contributed by atoms with E-state index in [0.29, 0.717) is 5.41 Å². The standard InChI is InChI=1S/C11H20N2/c1-9-8-13(5)10(12-9)6-7-11(2,3)4/h8H,6-7H2,1-5H3. The van der Waals surface area contributed by atoms with Crippen LogP contribution >= 0.6 is 0 Å². The van der Waals surface area contributed by atoms with Crippen molar-refractivity contribution in [3.63, 3.8) is 0 Å². The zero-order valence-corrected chi connectivity index (χ0v) is 9.39. The van der Waals surface area contributed by atoms with Crippen LogP contribution < -0.4 is 0 Å². The van der Waals surface area contributed by atoms with Crippen LogP contribution in [0.3, 0.4) is 0 Å². The summed E-state index contributed by atoms with van der Waals surface area (Å²) in [6.07, 6.45) is 4.35. The maximum atomic E-state index is 4.48. The highest BCUT2D eigenvalue weighted by atomic mass is 15.0. The molecule has 1 aromatic heterocycles. The molecule has 0 spiro atoms. The number of imidazole rings is 1. The maximum Gasteiger partial charge on any atom is 0.108 e. The summed E-state index contributed by atoms with van der Waals surface area (Å²) in [5.41, 5.74) is 1.52. The molecule has 0 atom stereocenters. The van der Waals surface area contributed by atoms with Crippen LogP contribution in [0, 0.1) is 12.3 Å². The zero-order valence-electron chi connectivity index (χ0n) is 9.39. The predicted molar refractivity (Wildman–Crippen MR) is 55.7 cm³/mol. The highest BCUT2D eigenvalue weighted by Crippen LogP contribution is 2.20. The van der Waals surface area contributed by atoms with E-state index in [4.69, 9.17) is 0 Å². The first-order valence-corrected chi connectivity index (χ1v) is 4.87. The Labute approximate surface area is 81.0 Å². The number of hydrogen-bond donors (Lipinski definition) is 0. The van der Waals surface area contributed by atoms with Crippen molar-refractivity contribution in [2.24, 2.45) is 12.5 Å². The van der Waals surface area contributed by atoms with Gasteiger partial charge in [-0.2, -0.15) is 0 Å². The molecule has 1 aromatic rings. The number of aromatic nitrogens is 2. The third-order valence-electron chi connectivity index (χ3n) is 2.19. The van der Waals surface area contributed by atoms with Crippen LogP contribution in [0.4, 0.5) is 0 Å². The molecule has 74 valence electrons. The Hall–Kier alpha value is -0.790. The Morgan fingerprint density at radius 1 is 1.38 bits per heavy atom. The lowest BCUT2D eigenvalue weighted by Gasteiger charge is -2.17. The topological polar surface area (TPSA) is 17.8 Å². The summed E-state index contributed by atoms with van der Waals surface area (Å²) in [6.45, 7) is 8.84. The van der Waals surface area contributed by atoms with Gasteiger partial charge in [0.15, 0.2) is 0 Å².